The Balaban J connectivity index is 2.13. The Morgan fingerprint density at radius 3 is 2.85 bits per heavy atom. The molecule has 108 valence electrons. The van der Waals surface area contributed by atoms with E-state index in [1.807, 2.05) is 10.9 Å². The average molecular weight is 355 g/mol. The van der Waals surface area contributed by atoms with E-state index in [1.54, 1.807) is 11.8 Å². The van der Waals surface area contributed by atoms with Gasteiger partial charge in [-0.1, -0.05) is 18.2 Å². The molecule has 1 aromatic heterocycles. The van der Waals surface area contributed by atoms with Crippen LogP contribution in [-0.4, -0.2) is 15.5 Å². The van der Waals surface area contributed by atoms with Crippen molar-refractivity contribution in [1.29, 1.82) is 0 Å². The molecule has 4 nitrogen and oxygen atoms in total. The van der Waals surface area contributed by atoms with E-state index in [9.17, 15) is 0 Å². The number of hydrogen-bond donors (Lipinski definition) is 2. The highest BCUT2D eigenvalue weighted by Crippen LogP contribution is 2.30. The fourth-order valence-corrected chi connectivity index (χ4v) is 3.71. The summed E-state index contributed by atoms with van der Waals surface area (Å²) in [6.45, 7) is 5.03. The number of thioether (sulfide) groups is 1. The van der Waals surface area contributed by atoms with Gasteiger partial charge in [0.25, 0.3) is 0 Å². The monoisotopic (exact) mass is 354 g/mol. The van der Waals surface area contributed by atoms with Crippen molar-refractivity contribution < 1.29 is 0 Å². The van der Waals surface area contributed by atoms with E-state index < -0.39 is 0 Å². The summed E-state index contributed by atoms with van der Waals surface area (Å²) in [5.74, 6) is 6.59. The Morgan fingerprint density at radius 1 is 1.45 bits per heavy atom. The minimum atomic E-state index is 0.0523. The van der Waals surface area contributed by atoms with Gasteiger partial charge in [0.1, 0.15) is 0 Å². The molecule has 0 bridgehead atoms. The highest BCUT2D eigenvalue weighted by molar-refractivity contribution is 9.10. The van der Waals surface area contributed by atoms with E-state index in [4.69, 9.17) is 5.84 Å². The van der Waals surface area contributed by atoms with Crippen LogP contribution in [-0.2, 0) is 6.54 Å². The second-order valence-corrected chi connectivity index (χ2v) is 6.41. The number of nitrogens with zero attached hydrogens (tertiary/aromatic N) is 2. The van der Waals surface area contributed by atoms with Gasteiger partial charge in [-0.2, -0.15) is 5.10 Å². The van der Waals surface area contributed by atoms with Crippen LogP contribution < -0.4 is 11.3 Å². The van der Waals surface area contributed by atoms with Crippen LogP contribution in [0.25, 0.3) is 0 Å². The second kappa shape index (κ2) is 7.26. The lowest BCUT2D eigenvalue weighted by Crippen LogP contribution is -2.31. The van der Waals surface area contributed by atoms with Gasteiger partial charge < -0.3 is 0 Å². The predicted molar refractivity (Wildman–Crippen MR) is 87.6 cm³/mol. The van der Waals surface area contributed by atoms with Gasteiger partial charge >= 0.3 is 0 Å². The molecule has 0 amide bonds. The molecule has 0 saturated carbocycles. The molecule has 1 atom stereocenters. The van der Waals surface area contributed by atoms with Crippen molar-refractivity contribution in [3.63, 3.8) is 0 Å². The lowest BCUT2D eigenvalue weighted by Gasteiger charge is -2.18. The van der Waals surface area contributed by atoms with Gasteiger partial charge in [-0.15, -0.1) is 11.8 Å². The maximum atomic E-state index is 5.73. The SMILES string of the molecule is CCn1ncc(Br)c1C(CSc1ccccc1C)NN. The van der Waals surface area contributed by atoms with Crippen LogP contribution in [0.4, 0.5) is 0 Å². The lowest BCUT2D eigenvalue weighted by molar-refractivity contribution is 0.526. The minimum absolute atomic E-state index is 0.0523. The molecule has 0 saturated heterocycles. The molecule has 20 heavy (non-hydrogen) atoms. The molecule has 1 aromatic carbocycles. The molecule has 0 aliphatic heterocycles. The van der Waals surface area contributed by atoms with Gasteiger partial charge in [-0.3, -0.25) is 16.0 Å². The summed E-state index contributed by atoms with van der Waals surface area (Å²) in [5, 5.41) is 4.34. The largest absolute Gasteiger partial charge is 0.271 e. The molecule has 0 fully saturated rings. The number of nitrogens with two attached hydrogens (primary N) is 1. The number of rotatable bonds is 6. The normalized spacial score (nSPS) is 12.6. The van der Waals surface area contributed by atoms with Crippen molar-refractivity contribution in [3.8, 4) is 0 Å². The number of nitrogens with one attached hydrogen (secondary N) is 1. The first kappa shape index (κ1) is 15.6. The summed E-state index contributed by atoms with van der Waals surface area (Å²) >= 11 is 5.35. The van der Waals surface area contributed by atoms with Crippen molar-refractivity contribution >= 4 is 27.7 Å². The topological polar surface area (TPSA) is 55.9 Å². The van der Waals surface area contributed by atoms with Crippen LogP contribution in [0.15, 0.2) is 39.8 Å². The zero-order valence-electron chi connectivity index (χ0n) is 11.6. The summed E-state index contributed by atoms with van der Waals surface area (Å²) in [4.78, 5) is 1.28. The molecular weight excluding hydrogens is 336 g/mol. The first-order valence-corrected chi connectivity index (χ1v) is 8.31. The smallest absolute Gasteiger partial charge is 0.0734 e. The number of halogens is 1. The molecule has 2 rings (SSSR count). The predicted octanol–water partition coefficient (Wildman–Crippen LogP) is 3.27. The zero-order valence-corrected chi connectivity index (χ0v) is 14.0. The van der Waals surface area contributed by atoms with Gasteiger partial charge in [0.15, 0.2) is 0 Å². The minimum Gasteiger partial charge on any atom is -0.271 e. The van der Waals surface area contributed by atoms with Crippen LogP contribution in [0.5, 0.6) is 0 Å². The van der Waals surface area contributed by atoms with Crippen LogP contribution in [0.1, 0.15) is 24.2 Å². The first-order valence-electron chi connectivity index (χ1n) is 6.53. The van der Waals surface area contributed by atoms with Gasteiger partial charge in [0.05, 0.1) is 22.4 Å². The third-order valence-electron chi connectivity index (χ3n) is 3.16. The van der Waals surface area contributed by atoms with Crippen LogP contribution >= 0.6 is 27.7 Å². The third-order valence-corrected chi connectivity index (χ3v) is 5.04. The van der Waals surface area contributed by atoms with Crippen molar-refractivity contribution in [2.24, 2.45) is 5.84 Å². The summed E-state index contributed by atoms with van der Waals surface area (Å²) < 4.78 is 2.96. The Kier molecular flexibility index (Phi) is 5.65. The summed E-state index contributed by atoms with van der Waals surface area (Å²) in [6, 6.07) is 8.43. The third kappa shape index (κ3) is 3.44. The van der Waals surface area contributed by atoms with Gasteiger partial charge in [-0.05, 0) is 41.4 Å². The highest BCUT2D eigenvalue weighted by Gasteiger charge is 2.19. The highest BCUT2D eigenvalue weighted by atomic mass is 79.9. The zero-order chi connectivity index (χ0) is 14.5. The van der Waals surface area contributed by atoms with Gasteiger partial charge in [0, 0.05) is 17.2 Å². The van der Waals surface area contributed by atoms with Gasteiger partial charge in [0.2, 0.25) is 0 Å². The molecule has 0 aliphatic carbocycles. The van der Waals surface area contributed by atoms with Crippen molar-refractivity contribution in [2.45, 2.75) is 31.3 Å². The van der Waals surface area contributed by atoms with E-state index in [2.05, 4.69) is 64.6 Å². The van der Waals surface area contributed by atoms with Crippen molar-refractivity contribution in [3.05, 3.63) is 46.2 Å². The molecule has 0 radical (unpaired) electrons. The molecule has 1 unspecified atom stereocenters. The van der Waals surface area contributed by atoms with Gasteiger partial charge in [-0.25, -0.2) is 0 Å². The number of aromatic nitrogens is 2. The van der Waals surface area contributed by atoms with E-state index >= 15 is 0 Å². The Morgan fingerprint density at radius 2 is 2.20 bits per heavy atom. The Labute approximate surface area is 132 Å². The van der Waals surface area contributed by atoms with E-state index in [1.165, 1.54) is 10.5 Å². The molecule has 6 heteroatoms. The number of hydrogen-bond acceptors (Lipinski definition) is 4. The van der Waals surface area contributed by atoms with Crippen molar-refractivity contribution in [2.75, 3.05) is 5.75 Å². The fraction of sp³-hybridized carbons (Fsp3) is 0.357. The molecule has 3 N–H and O–H groups in total. The molecule has 1 heterocycles. The summed E-state index contributed by atoms with van der Waals surface area (Å²) in [7, 11) is 0. The first-order chi connectivity index (χ1) is 9.67. The number of aryl methyl sites for hydroxylation is 2. The Hall–Kier alpha value is -0.820. The maximum absolute atomic E-state index is 5.73. The second-order valence-electron chi connectivity index (χ2n) is 4.49. The lowest BCUT2D eigenvalue weighted by atomic mass is 10.2. The van der Waals surface area contributed by atoms with Crippen molar-refractivity contribution in [1.82, 2.24) is 15.2 Å². The summed E-state index contributed by atoms with van der Waals surface area (Å²) in [6.07, 6.45) is 1.82. The maximum Gasteiger partial charge on any atom is 0.0734 e. The van der Waals surface area contributed by atoms with Crippen LogP contribution in [0, 0.1) is 6.92 Å². The Bertz CT molecular complexity index is 570. The van der Waals surface area contributed by atoms with E-state index in [0.717, 1.165) is 22.5 Å². The molecule has 0 spiro atoms. The van der Waals surface area contributed by atoms with E-state index in [-0.39, 0.29) is 6.04 Å². The fourth-order valence-electron chi connectivity index (χ4n) is 2.07. The standard InChI is InChI=1S/C14H19BrN4S/c1-3-19-14(11(15)8-17-19)12(18-16)9-20-13-7-5-4-6-10(13)2/h4-8,12,18H,3,9,16H2,1-2H3. The molecule has 2 aromatic rings. The summed E-state index contributed by atoms with van der Waals surface area (Å²) in [5.41, 5.74) is 5.28. The molecular formula is C14H19BrN4S. The van der Waals surface area contributed by atoms with Crippen LogP contribution in [0.2, 0.25) is 0 Å². The molecule has 0 aliphatic rings. The number of hydrazine groups is 1. The van der Waals surface area contributed by atoms with Crippen LogP contribution in [0.3, 0.4) is 0 Å². The van der Waals surface area contributed by atoms with E-state index in [0.29, 0.717) is 0 Å². The average Bonchev–Trinajstić information content (AvgIpc) is 2.83. The number of benzene rings is 1. The quantitative estimate of drug-likeness (QED) is 0.474.